The van der Waals surface area contributed by atoms with Crippen LogP contribution in [-0.2, 0) is 0 Å². The van der Waals surface area contributed by atoms with E-state index in [-0.39, 0.29) is 0 Å². The van der Waals surface area contributed by atoms with Crippen LogP contribution in [0, 0.1) is 20.8 Å². The Kier molecular flexibility index (Phi) is 5.61. The summed E-state index contributed by atoms with van der Waals surface area (Å²) >= 11 is 5.93. The lowest BCUT2D eigenvalue weighted by Gasteiger charge is -2.35. The van der Waals surface area contributed by atoms with Crippen LogP contribution in [-0.4, -0.2) is 63.8 Å². The lowest BCUT2D eigenvalue weighted by Crippen LogP contribution is -2.48. The molecule has 3 aromatic heterocycles. The summed E-state index contributed by atoms with van der Waals surface area (Å²) in [5.74, 6) is 1.94. The maximum absolute atomic E-state index is 5.93. The van der Waals surface area contributed by atoms with Crippen molar-refractivity contribution in [3.63, 3.8) is 0 Å². The fraction of sp³-hybridized carbons (Fsp3) is 0.375. The highest BCUT2D eigenvalue weighted by Gasteiger charge is 2.22. The van der Waals surface area contributed by atoms with Crippen molar-refractivity contribution >= 4 is 34.1 Å². The maximum Gasteiger partial charge on any atom is 0.184 e. The summed E-state index contributed by atoms with van der Waals surface area (Å²) in [5, 5.41) is 6.58. The lowest BCUT2D eigenvalue weighted by molar-refractivity contribution is 0.200. The van der Waals surface area contributed by atoms with E-state index in [1.165, 1.54) is 0 Å². The third-order valence-electron chi connectivity index (χ3n) is 5.97. The largest absolute Gasteiger partial charge is 0.492 e. The van der Waals surface area contributed by atoms with E-state index in [1.54, 1.807) is 0 Å². The number of anilines is 1. The molecule has 1 aliphatic heterocycles. The van der Waals surface area contributed by atoms with Crippen LogP contribution in [0.5, 0.6) is 5.75 Å². The van der Waals surface area contributed by atoms with Crippen LogP contribution in [0.3, 0.4) is 0 Å². The monoisotopic (exact) mass is 450 g/mol. The molecule has 1 saturated heterocycles. The molecule has 0 bridgehead atoms. The number of aryl methyl sites for hydroxylation is 3. The Morgan fingerprint density at radius 2 is 1.66 bits per heavy atom. The maximum atomic E-state index is 5.93. The van der Waals surface area contributed by atoms with Crippen LogP contribution in [0.1, 0.15) is 17.0 Å². The van der Waals surface area contributed by atoms with Gasteiger partial charge >= 0.3 is 0 Å². The normalized spacial score (nSPS) is 15.1. The van der Waals surface area contributed by atoms with Crippen molar-refractivity contribution in [2.45, 2.75) is 20.8 Å². The standard InChI is InChI=1S/C24H27ClN6O/c1-16-14-17(2)26-23-22(16)24-27-18(3)15-21(31(24)28-23)30-10-8-29(9-11-30)12-13-32-20-6-4-19(25)5-7-20/h4-7,14-15H,8-13H2,1-3H3. The van der Waals surface area contributed by atoms with Gasteiger partial charge in [-0.1, -0.05) is 11.6 Å². The fourth-order valence-corrected chi connectivity index (χ4v) is 4.50. The van der Waals surface area contributed by atoms with Crippen molar-refractivity contribution in [3.8, 4) is 5.75 Å². The van der Waals surface area contributed by atoms with Crippen molar-refractivity contribution in [2.24, 2.45) is 0 Å². The Bertz CT molecular complexity index is 1260. The first-order chi connectivity index (χ1) is 15.5. The van der Waals surface area contributed by atoms with Gasteiger partial charge in [0.05, 0.1) is 5.39 Å². The highest BCUT2D eigenvalue weighted by molar-refractivity contribution is 6.30. The first-order valence-corrected chi connectivity index (χ1v) is 11.4. The second-order valence-electron chi connectivity index (χ2n) is 8.40. The second-order valence-corrected chi connectivity index (χ2v) is 8.84. The molecule has 8 heteroatoms. The Labute approximate surface area is 192 Å². The Balaban J connectivity index is 1.29. The zero-order valence-electron chi connectivity index (χ0n) is 18.7. The van der Waals surface area contributed by atoms with E-state index in [9.17, 15) is 0 Å². The zero-order valence-corrected chi connectivity index (χ0v) is 19.4. The van der Waals surface area contributed by atoms with E-state index in [0.29, 0.717) is 6.61 Å². The molecule has 0 unspecified atom stereocenters. The summed E-state index contributed by atoms with van der Waals surface area (Å²) in [6, 6.07) is 11.7. The van der Waals surface area contributed by atoms with Crippen LogP contribution in [0.15, 0.2) is 36.4 Å². The minimum Gasteiger partial charge on any atom is -0.492 e. The van der Waals surface area contributed by atoms with Gasteiger partial charge in [-0.2, -0.15) is 4.52 Å². The van der Waals surface area contributed by atoms with E-state index in [4.69, 9.17) is 26.4 Å². The molecule has 32 heavy (non-hydrogen) atoms. The van der Waals surface area contributed by atoms with E-state index < -0.39 is 0 Å². The van der Waals surface area contributed by atoms with Gasteiger partial charge in [0.15, 0.2) is 11.3 Å². The van der Waals surface area contributed by atoms with Crippen molar-refractivity contribution in [1.82, 2.24) is 24.5 Å². The minimum atomic E-state index is 0.662. The SMILES string of the molecule is Cc1cc(C)c2c(n1)nn1c(N3CCN(CCOc4ccc(Cl)cc4)CC3)cc(C)nc21. The summed E-state index contributed by atoms with van der Waals surface area (Å²) in [6.07, 6.45) is 0. The Hall–Kier alpha value is -2.90. The third kappa shape index (κ3) is 4.10. The number of aromatic nitrogens is 4. The van der Waals surface area contributed by atoms with Crippen LogP contribution in [0.2, 0.25) is 5.02 Å². The van der Waals surface area contributed by atoms with Crippen molar-refractivity contribution < 1.29 is 4.74 Å². The summed E-state index contributed by atoms with van der Waals surface area (Å²) in [4.78, 5) is 14.3. The van der Waals surface area contributed by atoms with Gasteiger partial charge in [0.2, 0.25) is 0 Å². The van der Waals surface area contributed by atoms with Crippen LogP contribution in [0.25, 0.3) is 16.7 Å². The van der Waals surface area contributed by atoms with Gasteiger partial charge in [0.1, 0.15) is 18.2 Å². The molecule has 0 aliphatic carbocycles. The molecule has 166 valence electrons. The van der Waals surface area contributed by atoms with E-state index in [0.717, 1.165) is 82.9 Å². The fourth-order valence-electron chi connectivity index (χ4n) is 4.37. The molecule has 7 nitrogen and oxygen atoms in total. The van der Waals surface area contributed by atoms with Gasteiger partial charge < -0.3 is 9.64 Å². The van der Waals surface area contributed by atoms with Crippen molar-refractivity contribution in [2.75, 3.05) is 44.2 Å². The topological polar surface area (TPSA) is 58.8 Å². The highest BCUT2D eigenvalue weighted by atomic mass is 35.5. The van der Waals surface area contributed by atoms with Gasteiger partial charge in [-0.15, -0.1) is 5.10 Å². The molecular formula is C24H27ClN6O. The summed E-state index contributed by atoms with van der Waals surface area (Å²) in [6.45, 7) is 11.5. The van der Waals surface area contributed by atoms with E-state index in [1.807, 2.05) is 42.6 Å². The second kappa shape index (κ2) is 8.56. The van der Waals surface area contributed by atoms with Gasteiger partial charge in [-0.3, -0.25) is 4.90 Å². The molecule has 0 saturated carbocycles. The number of hydrogen-bond donors (Lipinski definition) is 0. The summed E-state index contributed by atoms with van der Waals surface area (Å²) in [5.41, 5.74) is 4.79. The molecule has 0 amide bonds. The molecular weight excluding hydrogens is 424 g/mol. The molecule has 0 N–H and O–H groups in total. The average molecular weight is 451 g/mol. The molecule has 1 aliphatic rings. The lowest BCUT2D eigenvalue weighted by atomic mass is 10.2. The number of nitrogens with zero attached hydrogens (tertiary/aromatic N) is 6. The average Bonchev–Trinajstić information content (AvgIpc) is 3.13. The molecule has 4 heterocycles. The predicted molar refractivity (Wildman–Crippen MR) is 128 cm³/mol. The van der Waals surface area contributed by atoms with Crippen LogP contribution in [0.4, 0.5) is 5.82 Å². The Morgan fingerprint density at radius 1 is 0.938 bits per heavy atom. The number of ether oxygens (including phenoxy) is 1. The zero-order chi connectivity index (χ0) is 22.2. The number of fused-ring (bicyclic) bond motifs is 3. The van der Waals surface area contributed by atoms with Crippen LogP contribution >= 0.6 is 11.6 Å². The van der Waals surface area contributed by atoms with Crippen LogP contribution < -0.4 is 9.64 Å². The number of piperazine rings is 1. The molecule has 0 radical (unpaired) electrons. The van der Waals surface area contributed by atoms with E-state index in [2.05, 4.69) is 33.8 Å². The van der Waals surface area contributed by atoms with Gasteiger partial charge in [-0.05, 0) is 56.7 Å². The molecule has 4 aromatic rings. The summed E-state index contributed by atoms with van der Waals surface area (Å²) < 4.78 is 7.83. The number of hydrogen-bond acceptors (Lipinski definition) is 6. The smallest absolute Gasteiger partial charge is 0.184 e. The van der Waals surface area contributed by atoms with Gasteiger partial charge in [0.25, 0.3) is 0 Å². The molecule has 1 fully saturated rings. The van der Waals surface area contributed by atoms with E-state index >= 15 is 0 Å². The summed E-state index contributed by atoms with van der Waals surface area (Å²) in [7, 11) is 0. The van der Waals surface area contributed by atoms with Crippen molar-refractivity contribution in [3.05, 3.63) is 58.4 Å². The first-order valence-electron chi connectivity index (χ1n) is 11.0. The quantitative estimate of drug-likeness (QED) is 0.457. The molecule has 0 spiro atoms. The highest BCUT2D eigenvalue weighted by Crippen LogP contribution is 2.26. The number of pyridine rings is 1. The minimum absolute atomic E-state index is 0.662. The molecule has 0 atom stereocenters. The Morgan fingerprint density at radius 3 is 2.41 bits per heavy atom. The number of rotatable bonds is 5. The number of halogens is 1. The third-order valence-corrected chi connectivity index (χ3v) is 6.22. The first kappa shape index (κ1) is 21.0. The van der Waals surface area contributed by atoms with Crippen molar-refractivity contribution in [1.29, 1.82) is 0 Å². The van der Waals surface area contributed by atoms with Gasteiger partial charge in [0, 0.05) is 55.2 Å². The molecule has 1 aromatic carbocycles. The molecule has 5 rings (SSSR count). The predicted octanol–water partition coefficient (Wildman–Crippen LogP) is 4.06. The van der Waals surface area contributed by atoms with Gasteiger partial charge in [-0.25, -0.2) is 9.97 Å². The number of benzene rings is 1.